The number of benzene rings is 1. The van der Waals surface area contributed by atoms with Gasteiger partial charge in [0.05, 0.1) is 6.61 Å². The first-order valence-electron chi connectivity index (χ1n) is 7.19. The van der Waals surface area contributed by atoms with Crippen molar-refractivity contribution < 1.29 is 18.5 Å². The van der Waals surface area contributed by atoms with Crippen LogP contribution in [0.2, 0.25) is 0 Å². The van der Waals surface area contributed by atoms with E-state index in [2.05, 4.69) is 20.8 Å². The number of phosphoric acid groups is 1. The van der Waals surface area contributed by atoms with Gasteiger partial charge in [-0.15, -0.1) is 0 Å². The zero-order chi connectivity index (χ0) is 16.5. The van der Waals surface area contributed by atoms with E-state index in [1.807, 2.05) is 32.9 Å². The van der Waals surface area contributed by atoms with Crippen molar-refractivity contribution in [3.63, 3.8) is 0 Å². The molecule has 1 rings (SSSR count). The van der Waals surface area contributed by atoms with Gasteiger partial charge in [0.25, 0.3) is 0 Å². The minimum atomic E-state index is -4.07. The molecular weight excluding hydrogens is 287 g/mol. The fraction of sp³-hybridized carbons (Fsp3) is 0.625. The highest BCUT2D eigenvalue weighted by Gasteiger charge is 2.28. The van der Waals surface area contributed by atoms with Gasteiger partial charge in [-0.25, -0.2) is 4.57 Å². The zero-order valence-electron chi connectivity index (χ0n) is 14.1. The standard InChI is InChI=1S/C16H27O4P/c1-8-19-21(17,18)20-14-10-9-12(15(2,3)4)11-13(14)16(5,6)7/h9-11H,8H2,1-7H3,(H,17,18). The number of hydrogen-bond donors (Lipinski definition) is 1. The van der Waals surface area contributed by atoms with Gasteiger partial charge in [0.1, 0.15) is 5.75 Å². The van der Waals surface area contributed by atoms with Crippen LogP contribution in [0.15, 0.2) is 18.2 Å². The van der Waals surface area contributed by atoms with Crippen LogP contribution in [0.1, 0.15) is 59.6 Å². The molecular formula is C16H27O4P. The van der Waals surface area contributed by atoms with E-state index in [1.165, 1.54) is 0 Å². The third-order valence-electron chi connectivity index (χ3n) is 3.16. The molecule has 1 N–H and O–H groups in total. The minimum absolute atomic E-state index is 0.00135. The SMILES string of the molecule is CCOP(=O)(O)Oc1ccc(C(C)(C)C)cc1C(C)(C)C. The van der Waals surface area contributed by atoms with Crippen molar-refractivity contribution in [1.29, 1.82) is 0 Å². The Morgan fingerprint density at radius 1 is 1.10 bits per heavy atom. The highest BCUT2D eigenvalue weighted by Crippen LogP contribution is 2.47. The van der Waals surface area contributed by atoms with Crippen LogP contribution in [-0.2, 0) is 19.9 Å². The van der Waals surface area contributed by atoms with Crippen LogP contribution in [-0.4, -0.2) is 11.5 Å². The molecule has 5 heteroatoms. The fourth-order valence-electron chi connectivity index (χ4n) is 1.98. The molecule has 1 unspecified atom stereocenters. The van der Waals surface area contributed by atoms with E-state index >= 15 is 0 Å². The smallest absolute Gasteiger partial charge is 0.404 e. The number of phosphoric ester groups is 1. The molecule has 0 radical (unpaired) electrons. The molecule has 0 spiro atoms. The molecule has 0 bridgehead atoms. The van der Waals surface area contributed by atoms with Crippen molar-refractivity contribution in [2.75, 3.05) is 6.61 Å². The summed E-state index contributed by atoms with van der Waals surface area (Å²) in [5.74, 6) is 0.398. The van der Waals surface area contributed by atoms with Crippen LogP contribution in [0.5, 0.6) is 5.75 Å². The van der Waals surface area contributed by atoms with Crippen LogP contribution in [0.3, 0.4) is 0 Å². The number of hydrogen-bond acceptors (Lipinski definition) is 3. The van der Waals surface area contributed by atoms with E-state index in [0.29, 0.717) is 5.75 Å². The third-order valence-corrected chi connectivity index (χ3v) is 4.17. The maximum absolute atomic E-state index is 11.9. The fourth-order valence-corrected chi connectivity index (χ4v) is 2.76. The van der Waals surface area contributed by atoms with Crippen molar-refractivity contribution >= 4 is 7.82 Å². The monoisotopic (exact) mass is 314 g/mol. The second kappa shape index (κ2) is 6.12. The maximum Gasteiger partial charge on any atom is 0.527 e. The molecule has 0 aliphatic rings. The van der Waals surface area contributed by atoms with Gasteiger partial charge in [0, 0.05) is 5.56 Å². The summed E-state index contributed by atoms with van der Waals surface area (Å²) < 4.78 is 21.9. The van der Waals surface area contributed by atoms with Crippen LogP contribution in [0.4, 0.5) is 0 Å². The summed E-state index contributed by atoms with van der Waals surface area (Å²) in [4.78, 5) is 9.70. The lowest BCUT2D eigenvalue weighted by Crippen LogP contribution is -2.17. The predicted molar refractivity (Wildman–Crippen MR) is 85.9 cm³/mol. The van der Waals surface area contributed by atoms with Crippen LogP contribution in [0.25, 0.3) is 0 Å². The van der Waals surface area contributed by atoms with E-state index in [9.17, 15) is 9.46 Å². The quantitative estimate of drug-likeness (QED) is 0.811. The molecule has 0 aliphatic heterocycles. The summed E-state index contributed by atoms with van der Waals surface area (Å²) in [6.45, 7) is 14.3. The summed E-state index contributed by atoms with van der Waals surface area (Å²) in [6.07, 6.45) is 0. The van der Waals surface area contributed by atoms with Gasteiger partial charge in [-0.3, -0.25) is 9.42 Å². The molecule has 1 aromatic rings. The van der Waals surface area contributed by atoms with Gasteiger partial charge in [0.2, 0.25) is 0 Å². The highest BCUT2D eigenvalue weighted by molar-refractivity contribution is 7.47. The van der Waals surface area contributed by atoms with Crippen molar-refractivity contribution in [2.45, 2.75) is 59.3 Å². The molecule has 4 nitrogen and oxygen atoms in total. The molecule has 0 heterocycles. The highest BCUT2D eigenvalue weighted by atomic mass is 31.2. The first-order valence-corrected chi connectivity index (χ1v) is 8.68. The maximum atomic E-state index is 11.9. The second-order valence-corrected chi connectivity index (χ2v) is 8.57. The molecule has 21 heavy (non-hydrogen) atoms. The van der Waals surface area contributed by atoms with Crippen molar-refractivity contribution in [3.8, 4) is 5.75 Å². The normalized spacial score (nSPS) is 15.6. The van der Waals surface area contributed by atoms with Gasteiger partial charge in [-0.2, -0.15) is 0 Å². The van der Waals surface area contributed by atoms with Crippen LogP contribution in [0, 0.1) is 0 Å². The Bertz CT molecular complexity index is 538. The average molecular weight is 314 g/mol. The second-order valence-electron chi connectivity index (χ2n) is 7.19. The van der Waals surface area contributed by atoms with Gasteiger partial charge < -0.3 is 4.52 Å². The molecule has 0 aliphatic carbocycles. The summed E-state index contributed by atoms with van der Waals surface area (Å²) in [6, 6.07) is 5.72. The summed E-state index contributed by atoms with van der Waals surface area (Å²) in [5.41, 5.74) is 1.84. The van der Waals surface area contributed by atoms with Gasteiger partial charge in [-0.05, 0) is 29.4 Å². The van der Waals surface area contributed by atoms with E-state index in [0.717, 1.165) is 11.1 Å². The van der Waals surface area contributed by atoms with Crippen LogP contribution >= 0.6 is 7.82 Å². The lowest BCUT2D eigenvalue weighted by Gasteiger charge is -2.27. The first kappa shape index (κ1) is 18.2. The molecule has 0 saturated heterocycles. The van der Waals surface area contributed by atoms with Gasteiger partial charge in [-0.1, -0.05) is 53.7 Å². The van der Waals surface area contributed by atoms with E-state index < -0.39 is 7.82 Å². The Morgan fingerprint density at radius 2 is 1.67 bits per heavy atom. The largest absolute Gasteiger partial charge is 0.527 e. The Kier molecular flexibility index (Phi) is 5.31. The Balaban J connectivity index is 3.30. The van der Waals surface area contributed by atoms with Crippen LogP contribution < -0.4 is 4.52 Å². The summed E-state index contributed by atoms with van der Waals surface area (Å²) >= 11 is 0. The number of rotatable bonds is 4. The van der Waals surface area contributed by atoms with Crippen molar-refractivity contribution in [2.24, 2.45) is 0 Å². The third kappa shape index (κ3) is 5.14. The molecule has 0 saturated carbocycles. The van der Waals surface area contributed by atoms with Gasteiger partial charge in [0.15, 0.2) is 0 Å². The molecule has 0 amide bonds. The Labute approximate surface area is 128 Å². The van der Waals surface area contributed by atoms with Crippen molar-refractivity contribution in [3.05, 3.63) is 29.3 Å². The minimum Gasteiger partial charge on any atom is -0.404 e. The molecule has 120 valence electrons. The lowest BCUT2D eigenvalue weighted by molar-refractivity contribution is 0.212. The molecule has 0 aromatic heterocycles. The van der Waals surface area contributed by atoms with E-state index in [1.54, 1.807) is 13.0 Å². The topological polar surface area (TPSA) is 55.8 Å². The molecule has 1 aromatic carbocycles. The van der Waals surface area contributed by atoms with Crippen molar-refractivity contribution in [1.82, 2.24) is 0 Å². The molecule has 0 fully saturated rings. The molecule has 1 atom stereocenters. The lowest BCUT2D eigenvalue weighted by atomic mass is 9.80. The Morgan fingerprint density at radius 3 is 2.10 bits per heavy atom. The van der Waals surface area contributed by atoms with E-state index in [4.69, 9.17) is 9.05 Å². The zero-order valence-corrected chi connectivity index (χ0v) is 15.0. The van der Waals surface area contributed by atoms with E-state index in [-0.39, 0.29) is 17.4 Å². The predicted octanol–water partition coefficient (Wildman–Crippen LogP) is 4.80. The first-order chi connectivity index (χ1) is 9.37. The Hall–Kier alpha value is -0.830. The summed E-state index contributed by atoms with van der Waals surface area (Å²) in [5, 5.41) is 0. The average Bonchev–Trinajstić information content (AvgIpc) is 2.25. The summed E-state index contributed by atoms with van der Waals surface area (Å²) in [7, 11) is -4.07. The van der Waals surface area contributed by atoms with Gasteiger partial charge >= 0.3 is 7.82 Å².